The van der Waals surface area contributed by atoms with Crippen molar-refractivity contribution in [3.63, 3.8) is 0 Å². The molecule has 0 saturated heterocycles. The monoisotopic (exact) mass is 228 g/mol. The lowest BCUT2D eigenvalue weighted by molar-refractivity contribution is 0.479. The van der Waals surface area contributed by atoms with E-state index in [-0.39, 0.29) is 0 Å². The Kier molecular flexibility index (Phi) is 5.51. The molecule has 1 rings (SSSR count). The fourth-order valence-electron chi connectivity index (χ4n) is 1.84. The van der Waals surface area contributed by atoms with E-state index in [1.54, 1.807) is 0 Å². The second-order valence-electron chi connectivity index (χ2n) is 4.65. The number of rotatable bonds is 5. The first-order chi connectivity index (χ1) is 7.17. The first-order valence-electron chi connectivity index (χ1n) is 6.12. The maximum atomic E-state index is 4.57. The van der Waals surface area contributed by atoms with Crippen LogP contribution in [0.3, 0.4) is 0 Å². The van der Waals surface area contributed by atoms with Crippen molar-refractivity contribution in [2.45, 2.75) is 45.8 Å². The van der Waals surface area contributed by atoms with Gasteiger partial charge in [-0.3, -0.25) is 4.99 Å². The molecule has 0 spiro atoms. The Morgan fingerprint density at radius 2 is 2.07 bits per heavy atom. The van der Waals surface area contributed by atoms with Crippen LogP contribution in [0.2, 0.25) is 0 Å². The third kappa shape index (κ3) is 4.06. The molecule has 2 nitrogen and oxygen atoms in total. The molecule has 1 heterocycles. The van der Waals surface area contributed by atoms with Gasteiger partial charge in [-0.15, -0.1) is 0 Å². The standard InChI is InChI=1S/C12H24N2S/c1-5-10(6-2)11-8-14-12(15-11)13-7-9(3)4/h9-11H,5-8H2,1-4H3,(H,13,14). The van der Waals surface area contributed by atoms with Crippen LogP contribution in [0.25, 0.3) is 0 Å². The van der Waals surface area contributed by atoms with E-state index < -0.39 is 0 Å². The Hall–Kier alpha value is -0.180. The Balaban J connectivity index is 2.30. The minimum Gasteiger partial charge on any atom is -0.365 e. The highest BCUT2D eigenvalue weighted by Crippen LogP contribution is 2.30. The Labute approximate surface area is 98.3 Å². The summed E-state index contributed by atoms with van der Waals surface area (Å²) in [5.41, 5.74) is 0. The fraction of sp³-hybridized carbons (Fsp3) is 0.917. The number of hydrogen-bond acceptors (Lipinski definition) is 3. The topological polar surface area (TPSA) is 24.4 Å². The lowest BCUT2D eigenvalue weighted by Gasteiger charge is -2.18. The summed E-state index contributed by atoms with van der Waals surface area (Å²) in [5.74, 6) is 1.53. The van der Waals surface area contributed by atoms with Crippen LogP contribution in [-0.2, 0) is 0 Å². The first-order valence-corrected chi connectivity index (χ1v) is 7.00. The van der Waals surface area contributed by atoms with Crippen LogP contribution >= 0.6 is 11.8 Å². The predicted octanol–water partition coefficient (Wildman–Crippen LogP) is 3.14. The summed E-state index contributed by atoms with van der Waals surface area (Å²) < 4.78 is 0. The van der Waals surface area contributed by atoms with E-state index in [9.17, 15) is 0 Å². The van der Waals surface area contributed by atoms with Crippen LogP contribution in [0.5, 0.6) is 0 Å². The van der Waals surface area contributed by atoms with Crippen molar-refractivity contribution in [2.24, 2.45) is 16.8 Å². The summed E-state index contributed by atoms with van der Waals surface area (Å²) in [6, 6.07) is 0. The van der Waals surface area contributed by atoms with E-state index >= 15 is 0 Å². The maximum absolute atomic E-state index is 4.57. The molecule has 1 atom stereocenters. The molecule has 1 N–H and O–H groups in total. The van der Waals surface area contributed by atoms with Gasteiger partial charge in [0.25, 0.3) is 0 Å². The fourth-order valence-corrected chi connectivity index (χ4v) is 3.17. The van der Waals surface area contributed by atoms with Crippen LogP contribution in [-0.4, -0.2) is 23.5 Å². The summed E-state index contributed by atoms with van der Waals surface area (Å²) in [7, 11) is 0. The smallest absolute Gasteiger partial charge is 0.156 e. The molecule has 0 aromatic carbocycles. The third-order valence-corrected chi connectivity index (χ3v) is 4.25. The van der Waals surface area contributed by atoms with Crippen molar-refractivity contribution in [1.82, 2.24) is 5.32 Å². The molecule has 0 fully saturated rings. The molecule has 88 valence electrons. The first kappa shape index (κ1) is 12.9. The molecule has 0 aromatic rings. The number of nitrogens with one attached hydrogen (secondary N) is 1. The van der Waals surface area contributed by atoms with E-state index in [1.165, 1.54) is 18.0 Å². The van der Waals surface area contributed by atoms with Gasteiger partial charge < -0.3 is 5.32 Å². The zero-order chi connectivity index (χ0) is 11.3. The van der Waals surface area contributed by atoms with Crippen molar-refractivity contribution in [3.8, 4) is 0 Å². The van der Waals surface area contributed by atoms with Crippen molar-refractivity contribution in [1.29, 1.82) is 0 Å². The van der Waals surface area contributed by atoms with Crippen molar-refractivity contribution in [2.75, 3.05) is 13.1 Å². The van der Waals surface area contributed by atoms with Gasteiger partial charge in [0.2, 0.25) is 0 Å². The second-order valence-corrected chi connectivity index (χ2v) is 5.88. The zero-order valence-corrected chi connectivity index (χ0v) is 11.2. The summed E-state index contributed by atoms with van der Waals surface area (Å²) >= 11 is 1.95. The van der Waals surface area contributed by atoms with E-state index in [0.717, 1.165) is 24.3 Å². The summed E-state index contributed by atoms with van der Waals surface area (Å²) in [6.45, 7) is 11.1. The summed E-state index contributed by atoms with van der Waals surface area (Å²) in [5, 5.41) is 5.31. The number of thioether (sulfide) groups is 1. The number of aliphatic imine (C=N–C) groups is 1. The number of amidine groups is 1. The normalized spacial score (nSPS) is 21.2. The predicted molar refractivity (Wildman–Crippen MR) is 70.6 cm³/mol. The van der Waals surface area contributed by atoms with Crippen molar-refractivity contribution >= 4 is 16.9 Å². The van der Waals surface area contributed by atoms with Gasteiger partial charge in [0.05, 0.1) is 6.54 Å². The van der Waals surface area contributed by atoms with Gasteiger partial charge in [0, 0.05) is 11.8 Å². The van der Waals surface area contributed by atoms with Crippen LogP contribution in [0.4, 0.5) is 0 Å². The maximum Gasteiger partial charge on any atom is 0.156 e. The molecule has 1 unspecified atom stereocenters. The van der Waals surface area contributed by atoms with Gasteiger partial charge in [-0.05, 0) is 11.8 Å². The molecule has 0 saturated carbocycles. The van der Waals surface area contributed by atoms with Gasteiger partial charge >= 0.3 is 0 Å². The van der Waals surface area contributed by atoms with Crippen molar-refractivity contribution in [3.05, 3.63) is 0 Å². The molecule has 15 heavy (non-hydrogen) atoms. The van der Waals surface area contributed by atoms with Gasteiger partial charge in [-0.2, -0.15) is 0 Å². The molecule has 0 radical (unpaired) electrons. The largest absolute Gasteiger partial charge is 0.365 e. The molecule has 0 aliphatic carbocycles. The van der Waals surface area contributed by atoms with Gasteiger partial charge in [0.15, 0.2) is 5.17 Å². The summed E-state index contributed by atoms with van der Waals surface area (Å²) in [6.07, 6.45) is 2.56. The number of hydrogen-bond donors (Lipinski definition) is 1. The van der Waals surface area contributed by atoms with E-state index in [2.05, 4.69) is 38.0 Å². The van der Waals surface area contributed by atoms with E-state index in [4.69, 9.17) is 0 Å². The molecule has 1 aliphatic heterocycles. The lowest BCUT2D eigenvalue weighted by atomic mass is 9.99. The minimum absolute atomic E-state index is 0.695. The van der Waals surface area contributed by atoms with E-state index in [0.29, 0.717) is 5.92 Å². The molecule has 3 heteroatoms. The zero-order valence-electron chi connectivity index (χ0n) is 10.4. The molecule has 0 aromatic heterocycles. The molecule has 0 bridgehead atoms. The number of nitrogens with zero attached hydrogens (tertiary/aromatic N) is 1. The third-order valence-electron chi connectivity index (χ3n) is 2.91. The lowest BCUT2D eigenvalue weighted by Crippen LogP contribution is -2.25. The SMILES string of the molecule is CCC(CC)C1CN=C(NCC(C)C)S1. The molecular formula is C12H24N2S. The minimum atomic E-state index is 0.695. The van der Waals surface area contributed by atoms with Crippen LogP contribution in [0.1, 0.15) is 40.5 Å². The Morgan fingerprint density at radius 1 is 1.40 bits per heavy atom. The average molecular weight is 228 g/mol. The molecular weight excluding hydrogens is 204 g/mol. The Bertz CT molecular complexity index is 210. The Morgan fingerprint density at radius 3 is 2.60 bits per heavy atom. The highest BCUT2D eigenvalue weighted by molar-refractivity contribution is 8.14. The summed E-state index contributed by atoms with van der Waals surface area (Å²) in [4.78, 5) is 4.57. The van der Waals surface area contributed by atoms with Gasteiger partial charge in [-0.25, -0.2) is 0 Å². The van der Waals surface area contributed by atoms with Crippen molar-refractivity contribution < 1.29 is 0 Å². The quantitative estimate of drug-likeness (QED) is 0.782. The highest BCUT2D eigenvalue weighted by Gasteiger charge is 2.25. The highest BCUT2D eigenvalue weighted by atomic mass is 32.2. The average Bonchev–Trinajstić information content (AvgIpc) is 2.65. The van der Waals surface area contributed by atoms with Gasteiger partial charge in [0.1, 0.15) is 0 Å². The van der Waals surface area contributed by atoms with Crippen LogP contribution in [0, 0.1) is 11.8 Å². The van der Waals surface area contributed by atoms with Gasteiger partial charge in [-0.1, -0.05) is 52.3 Å². The molecule has 1 aliphatic rings. The van der Waals surface area contributed by atoms with E-state index in [1.807, 2.05) is 11.8 Å². The van der Waals surface area contributed by atoms with Crippen LogP contribution < -0.4 is 5.32 Å². The van der Waals surface area contributed by atoms with Crippen LogP contribution in [0.15, 0.2) is 4.99 Å². The molecule has 0 amide bonds. The second kappa shape index (κ2) is 6.41.